The summed E-state index contributed by atoms with van der Waals surface area (Å²) in [5.41, 5.74) is 0.997. The number of carbonyl (C=O) groups is 1. The number of likely N-dealkylation sites (N-methyl/N-ethyl adjacent to an activating group) is 1. The molecule has 0 aliphatic rings. The van der Waals surface area contributed by atoms with Crippen molar-refractivity contribution in [1.29, 1.82) is 0 Å². The monoisotopic (exact) mass is 453 g/mol. The van der Waals surface area contributed by atoms with Crippen molar-refractivity contribution in [2.45, 2.75) is 0 Å². The van der Waals surface area contributed by atoms with E-state index in [1.54, 1.807) is 42.3 Å². The van der Waals surface area contributed by atoms with Crippen LogP contribution in [0.1, 0.15) is 10.4 Å². The van der Waals surface area contributed by atoms with Gasteiger partial charge in [0.15, 0.2) is 5.13 Å². The number of halogens is 2. The normalized spacial score (nSPS) is 11.1. The van der Waals surface area contributed by atoms with Gasteiger partial charge in [0.25, 0.3) is 5.91 Å². The number of carbonyl (C=O) groups excluding carboxylic acids is 1. The van der Waals surface area contributed by atoms with Gasteiger partial charge in [-0.3, -0.25) is 9.69 Å². The fourth-order valence-corrected chi connectivity index (χ4v) is 4.25. The molecular formula is C20H21Cl2N3O3S. The first-order chi connectivity index (χ1) is 13.8. The van der Waals surface area contributed by atoms with E-state index in [9.17, 15) is 4.79 Å². The second-order valence-electron chi connectivity index (χ2n) is 6.53. The summed E-state index contributed by atoms with van der Waals surface area (Å²) in [7, 11) is 6.99. The SMILES string of the molecule is COc1ccc(Cl)cc1C(=O)N(CCN(C)C)c1nc2c(OC)ccc(Cl)c2s1. The number of aromatic nitrogens is 1. The van der Waals surface area contributed by atoms with Gasteiger partial charge < -0.3 is 14.4 Å². The van der Waals surface area contributed by atoms with E-state index in [0.717, 1.165) is 4.70 Å². The van der Waals surface area contributed by atoms with Crippen LogP contribution in [0.2, 0.25) is 10.0 Å². The van der Waals surface area contributed by atoms with Crippen molar-refractivity contribution in [3.63, 3.8) is 0 Å². The summed E-state index contributed by atoms with van der Waals surface area (Å²) < 4.78 is 11.5. The average molecular weight is 454 g/mol. The molecule has 0 N–H and O–H groups in total. The van der Waals surface area contributed by atoms with Gasteiger partial charge >= 0.3 is 0 Å². The van der Waals surface area contributed by atoms with Crippen molar-refractivity contribution >= 4 is 55.8 Å². The second-order valence-corrected chi connectivity index (χ2v) is 8.35. The molecule has 3 aromatic rings. The van der Waals surface area contributed by atoms with E-state index in [1.165, 1.54) is 18.4 Å². The molecule has 0 aliphatic heterocycles. The molecule has 6 nitrogen and oxygen atoms in total. The first-order valence-electron chi connectivity index (χ1n) is 8.79. The highest BCUT2D eigenvalue weighted by molar-refractivity contribution is 7.23. The number of anilines is 1. The Balaban J connectivity index is 2.11. The van der Waals surface area contributed by atoms with Crippen LogP contribution in [0.4, 0.5) is 5.13 Å². The number of benzene rings is 2. The Kier molecular flexibility index (Phi) is 6.85. The van der Waals surface area contributed by atoms with Crippen molar-refractivity contribution in [2.24, 2.45) is 0 Å². The van der Waals surface area contributed by atoms with E-state index < -0.39 is 0 Å². The van der Waals surface area contributed by atoms with Gasteiger partial charge in [-0.1, -0.05) is 34.5 Å². The summed E-state index contributed by atoms with van der Waals surface area (Å²) in [6.45, 7) is 1.08. The molecule has 1 aromatic heterocycles. The molecule has 3 rings (SSSR count). The Morgan fingerprint density at radius 1 is 1.07 bits per heavy atom. The highest BCUT2D eigenvalue weighted by Gasteiger charge is 2.25. The van der Waals surface area contributed by atoms with Gasteiger partial charge in [0.1, 0.15) is 17.0 Å². The van der Waals surface area contributed by atoms with E-state index in [0.29, 0.717) is 50.8 Å². The molecule has 0 atom stereocenters. The van der Waals surface area contributed by atoms with Gasteiger partial charge in [0.2, 0.25) is 0 Å². The second kappa shape index (κ2) is 9.17. The topological polar surface area (TPSA) is 54.9 Å². The molecule has 154 valence electrons. The number of nitrogens with zero attached hydrogens (tertiary/aromatic N) is 3. The van der Waals surface area contributed by atoms with Crippen LogP contribution < -0.4 is 14.4 Å². The summed E-state index contributed by atoms with van der Waals surface area (Å²) in [4.78, 5) is 21.8. The van der Waals surface area contributed by atoms with Crippen LogP contribution in [0.3, 0.4) is 0 Å². The van der Waals surface area contributed by atoms with Crippen molar-refractivity contribution in [3.05, 3.63) is 45.9 Å². The number of amides is 1. The lowest BCUT2D eigenvalue weighted by Crippen LogP contribution is -2.37. The molecule has 0 saturated heterocycles. The lowest BCUT2D eigenvalue weighted by molar-refractivity contribution is 0.0982. The zero-order valence-electron chi connectivity index (χ0n) is 16.5. The molecule has 0 radical (unpaired) electrons. The van der Waals surface area contributed by atoms with Gasteiger partial charge in [-0.25, -0.2) is 4.98 Å². The zero-order chi connectivity index (χ0) is 21.1. The van der Waals surface area contributed by atoms with Crippen LogP contribution in [-0.4, -0.2) is 57.2 Å². The van der Waals surface area contributed by atoms with E-state index in [4.69, 9.17) is 32.7 Å². The van der Waals surface area contributed by atoms with Crippen LogP contribution in [0.5, 0.6) is 11.5 Å². The summed E-state index contributed by atoms with van der Waals surface area (Å²) in [5.74, 6) is 0.804. The Morgan fingerprint density at radius 2 is 1.76 bits per heavy atom. The lowest BCUT2D eigenvalue weighted by Gasteiger charge is -2.23. The maximum absolute atomic E-state index is 13.5. The Labute approximate surface area is 183 Å². The molecule has 0 fully saturated rings. The Bertz CT molecular complexity index is 1040. The number of fused-ring (bicyclic) bond motifs is 1. The number of rotatable bonds is 7. The molecule has 0 aliphatic carbocycles. The van der Waals surface area contributed by atoms with Crippen LogP contribution in [0, 0.1) is 0 Å². The molecule has 9 heteroatoms. The van der Waals surface area contributed by atoms with E-state index in [-0.39, 0.29) is 5.91 Å². The van der Waals surface area contributed by atoms with Crippen LogP contribution in [0.15, 0.2) is 30.3 Å². The fraction of sp³-hybridized carbons (Fsp3) is 0.300. The number of methoxy groups -OCH3 is 2. The van der Waals surface area contributed by atoms with Gasteiger partial charge in [-0.2, -0.15) is 0 Å². The summed E-state index contributed by atoms with van der Waals surface area (Å²) >= 11 is 13.8. The Hall–Kier alpha value is -2.06. The third kappa shape index (κ3) is 4.59. The predicted octanol–water partition coefficient (Wildman–Crippen LogP) is 4.83. The minimum Gasteiger partial charge on any atom is -0.496 e. The standard InChI is InChI=1S/C20H21Cl2N3O3S/c1-24(2)9-10-25(19(26)13-11-12(21)5-7-15(13)27-3)20-23-17-16(28-4)8-6-14(22)18(17)29-20/h5-8,11H,9-10H2,1-4H3. The van der Waals surface area contributed by atoms with Gasteiger partial charge in [-0.05, 0) is 44.4 Å². The van der Waals surface area contributed by atoms with Gasteiger partial charge in [0, 0.05) is 18.1 Å². The predicted molar refractivity (Wildman–Crippen MR) is 119 cm³/mol. The Morgan fingerprint density at radius 3 is 2.41 bits per heavy atom. The first kappa shape index (κ1) is 21.6. The molecular weight excluding hydrogens is 433 g/mol. The highest BCUT2D eigenvalue weighted by atomic mass is 35.5. The van der Waals surface area contributed by atoms with Crippen LogP contribution in [-0.2, 0) is 0 Å². The van der Waals surface area contributed by atoms with E-state index in [2.05, 4.69) is 4.98 Å². The molecule has 2 aromatic carbocycles. The van der Waals surface area contributed by atoms with E-state index >= 15 is 0 Å². The molecule has 1 heterocycles. The van der Waals surface area contributed by atoms with Crippen LogP contribution in [0.25, 0.3) is 10.2 Å². The lowest BCUT2D eigenvalue weighted by atomic mass is 10.1. The van der Waals surface area contributed by atoms with E-state index in [1.807, 2.05) is 19.0 Å². The summed E-state index contributed by atoms with van der Waals surface area (Å²) in [6.07, 6.45) is 0. The zero-order valence-corrected chi connectivity index (χ0v) is 18.9. The quantitative estimate of drug-likeness (QED) is 0.512. The minimum absolute atomic E-state index is 0.250. The van der Waals surface area contributed by atoms with Crippen molar-refractivity contribution < 1.29 is 14.3 Å². The largest absolute Gasteiger partial charge is 0.496 e. The minimum atomic E-state index is -0.250. The summed E-state index contributed by atoms with van der Waals surface area (Å²) in [5, 5.41) is 1.54. The molecule has 1 amide bonds. The number of thiazole rings is 1. The number of ether oxygens (including phenoxy) is 2. The van der Waals surface area contributed by atoms with Crippen molar-refractivity contribution in [2.75, 3.05) is 46.3 Å². The number of hydrogen-bond acceptors (Lipinski definition) is 6. The highest BCUT2D eigenvalue weighted by Crippen LogP contribution is 2.39. The maximum Gasteiger partial charge on any atom is 0.263 e. The third-order valence-corrected chi connectivity index (χ3v) is 6.08. The third-order valence-electron chi connectivity index (χ3n) is 4.31. The molecule has 29 heavy (non-hydrogen) atoms. The van der Waals surface area contributed by atoms with Crippen LogP contribution >= 0.6 is 34.5 Å². The van der Waals surface area contributed by atoms with Gasteiger partial charge in [0.05, 0.1) is 29.5 Å². The molecule has 0 bridgehead atoms. The average Bonchev–Trinajstić information content (AvgIpc) is 3.14. The smallest absolute Gasteiger partial charge is 0.263 e. The number of hydrogen-bond donors (Lipinski definition) is 0. The van der Waals surface area contributed by atoms with Crippen molar-refractivity contribution in [1.82, 2.24) is 9.88 Å². The maximum atomic E-state index is 13.5. The molecule has 0 spiro atoms. The molecule has 0 unspecified atom stereocenters. The summed E-state index contributed by atoms with van der Waals surface area (Å²) in [6, 6.07) is 8.49. The molecule has 0 saturated carbocycles. The van der Waals surface area contributed by atoms with Crippen molar-refractivity contribution in [3.8, 4) is 11.5 Å². The fourth-order valence-electron chi connectivity index (χ4n) is 2.80. The van der Waals surface area contributed by atoms with Gasteiger partial charge in [-0.15, -0.1) is 0 Å². The first-order valence-corrected chi connectivity index (χ1v) is 10.4.